The second-order valence-electron chi connectivity index (χ2n) is 5.39. The average molecular weight is 295 g/mol. The Bertz CT molecular complexity index is 531. The van der Waals surface area contributed by atoms with Crippen LogP contribution in [0.1, 0.15) is 12.0 Å². The van der Waals surface area contributed by atoms with Crippen LogP contribution < -0.4 is 0 Å². The van der Waals surface area contributed by atoms with Crippen LogP contribution in [-0.2, 0) is 20.7 Å². The van der Waals surface area contributed by atoms with Crippen molar-refractivity contribution >= 4 is 11.9 Å². The van der Waals surface area contributed by atoms with Gasteiger partial charge in [-0.15, -0.1) is 0 Å². The van der Waals surface area contributed by atoms with Gasteiger partial charge in [-0.25, -0.2) is 4.39 Å². The van der Waals surface area contributed by atoms with E-state index in [0.29, 0.717) is 18.5 Å². The molecule has 1 heterocycles. The Kier molecular flexibility index (Phi) is 4.57. The zero-order valence-electron chi connectivity index (χ0n) is 11.8. The minimum absolute atomic E-state index is 0.0860. The first-order chi connectivity index (χ1) is 9.97. The molecule has 1 atom stereocenters. The largest absolute Gasteiger partial charge is 0.481 e. The van der Waals surface area contributed by atoms with Gasteiger partial charge in [-0.3, -0.25) is 9.59 Å². The summed E-state index contributed by atoms with van der Waals surface area (Å²) in [5.41, 5.74) is -0.311. The van der Waals surface area contributed by atoms with Crippen LogP contribution in [0.5, 0.6) is 0 Å². The van der Waals surface area contributed by atoms with Crippen molar-refractivity contribution in [2.75, 3.05) is 26.8 Å². The fraction of sp³-hybridized carbons (Fsp3) is 0.467. The van der Waals surface area contributed by atoms with Gasteiger partial charge in [-0.1, -0.05) is 12.1 Å². The van der Waals surface area contributed by atoms with Crippen molar-refractivity contribution in [1.82, 2.24) is 4.90 Å². The maximum atomic E-state index is 12.8. The molecular formula is C15H18FNO4. The maximum Gasteiger partial charge on any atom is 0.313 e. The van der Waals surface area contributed by atoms with Crippen LogP contribution in [-0.4, -0.2) is 48.7 Å². The zero-order chi connectivity index (χ0) is 15.5. The number of carboxylic acid groups (broad SMARTS) is 1. The van der Waals surface area contributed by atoms with E-state index >= 15 is 0 Å². The van der Waals surface area contributed by atoms with Crippen LogP contribution in [0.2, 0.25) is 0 Å². The summed E-state index contributed by atoms with van der Waals surface area (Å²) in [5.74, 6) is -1.44. The molecule has 0 spiro atoms. The summed E-state index contributed by atoms with van der Waals surface area (Å²) in [7, 11) is 1.45. The smallest absolute Gasteiger partial charge is 0.313 e. The molecule has 1 saturated heterocycles. The first-order valence-corrected chi connectivity index (χ1v) is 6.71. The van der Waals surface area contributed by atoms with Crippen LogP contribution in [0.4, 0.5) is 4.39 Å². The molecule has 1 unspecified atom stereocenters. The van der Waals surface area contributed by atoms with Gasteiger partial charge < -0.3 is 14.7 Å². The Morgan fingerprint density at radius 1 is 1.38 bits per heavy atom. The fourth-order valence-corrected chi connectivity index (χ4v) is 2.60. The van der Waals surface area contributed by atoms with E-state index in [2.05, 4.69) is 0 Å². The van der Waals surface area contributed by atoms with Crippen LogP contribution in [0.15, 0.2) is 24.3 Å². The van der Waals surface area contributed by atoms with E-state index in [0.717, 1.165) is 0 Å². The molecule has 1 amide bonds. The minimum Gasteiger partial charge on any atom is -0.481 e. The Labute approximate surface area is 122 Å². The molecule has 0 bridgehead atoms. The van der Waals surface area contributed by atoms with E-state index in [1.807, 2.05) is 0 Å². The van der Waals surface area contributed by atoms with Gasteiger partial charge in [-0.05, 0) is 24.1 Å². The third kappa shape index (κ3) is 3.39. The number of carbonyl (C=O) groups is 2. The van der Waals surface area contributed by atoms with Gasteiger partial charge in [0.1, 0.15) is 11.2 Å². The number of likely N-dealkylation sites (tertiary alicyclic amines) is 1. The summed E-state index contributed by atoms with van der Waals surface area (Å²) < 4.78 is 17.8. The lowest BCUT2D eigenvalue weighted by atomic mass is 9.88. The maximum absolute atomic E-state index is 12.8. The summed E-state index contributed by atoms with van der Waals surface area (Å²) in [6.07, 6.45) is 0.522. The Hall–Kier alpha value is -1.95. The first-order valence-electron chi connectivity index (χ1n) is 6.71. The minimum atomic E-state index is -1.02. The summed E-state index contributed by atoms with van der Waals surface area (Å²) in [6, 6.07) is 5.73. The molecule has 0 saturated carbocycles. The van der Waals surface area contributed by atoms with Crippen molar-refractivity contribution in [3.8, 4) is 0 Å². The number of ether oxygens (including phenoxy) is 1. The SMILES string of the molecule is COCC1(C(=O)O)CCN(C(=O)Cc2ccc(F)cc2)C1. The number of carboxylic acids is 1. The van der Waals surface area contributed by atoms with Crippen molar-refractivity contribution in [3.63, 3.8) is 0 Å². The Balaban J connectivity index is 2.01. The number of methoxy groups -OCH3 is 1. The van der Waals surface area contributed by atoms with E-state index in [1.54, 1.807) is 12.1 Å². The molecule has 5 nitrogen and oxygen atoms in total. The molecule has 0 aliphatic carbocycles. The molecule has 0 radical (unpaired) electrons. The quantitative estimate of drug-likeness (QED) is 0.889. The van der Waals surface area contributed by atoms with Crippen LogP contribution >= 0.6 is 0 Å². The monoisotopic (exact) mass is 295 g/mol. The molecular weight excluding hydrogens is 277 g/mol. The van der Waals surface area contributed by atoms with E-state index in [9.17, 15) is 19.1 Å². The lowest BCUT2D eigenvalue weighted by Gasteiger charge is -2.23. The summed E-state index contributed by atoms with van der Waals surface area (Å²) >= 11 is 0. The highest BCUT2D eigenvalue weighted by atomic mass is 19.1. The highest BCUT2D eigenvalue weighted by Crippen LogP contribution is 2.31. The number of nitrogens with zero attached hydrogens (tertiary/aromatic N) is 1. The standard InChI is InChI=1S/C15H18FNO4/c1-21-10-15(14(19)20)6-7-17(9-15)13(18)8-11-2-4-12(16)5-3-11/h2-5H,6-10H2,1H3,(H,19,20). The van der Waals surface area contributed by atoms with Crippen molar-refractivity contribution in [1.29, 1.82) is 0 Å². The van der Waals surface area contributed by atoms with Gasteiger partial charge in [0.05, 0.1) is 13.0 Å². The van der Waals surface area contributed by atoms with Crippen LogP contribution in [0.3, 0.4) is 0 Å². The second-order valence-corrected chi connectivity index (χ2v) is 5.39. The number of halogens is 1. The predicted molar refractivity (Wildman–Crippen MR) is 73.2 cm³/mol. The molecule has 2 rings (SSSR count). The van der Waals surface area contributed by atoms with E-state index in [-0.39, 0.29) is 31.3 Å². The molecule has 6 heteroatoms. The molecule has 21 heavy (non-hydrogen) atoms. The molecule has 1 aliphatic rings. The average Bonchev–Trinajstić information content (AvgIpc) is 2.88. The van der Waals surface area contributed by atoms with Crippen molar-refractivity contribution < 1.29 is 23.8 Å². The van der Waals surface area contributed by atoms with Crippen molar-refractivity contribution in [3.05, 3.63) is 35.6 Å². The van der Waals surface area contributed by atoms with Crippen molar-refractivity contribution in [2.24, 2.45) is 5.41 Å². The van der Waals surface area contributed by atoms with Gasteiger partial charge in [-0.2, -0.15) is 0 Å². The molecule has 114 valence electrons. The molecule has 1 fully saturated rings. The van der Waals surface area contributed by atoms with Gasteiger partial charge in [0, 0.05) is 20.2 Å². The highest BCUT2D eigenvalue weighted by Gasteiger charge is 2.46. The molecule has 1 aromatic rings. The summed E-state index contributed by atoms with van der Waals surface area (Å²) in [4.78, 5) is 25.2. The van der Waals surface area contributed by atoms with E-state index < -0.39 is 11.4 Å². The molecule has 0 aromatic heterocycles. The van der Waals surface area contributed by atoms with E-state index in [1.165, 1.54) is 24.1 Å². The third-order valence-corrected chi connectivity index (χ3v) is 3.85. The molecule has 1 aromatic carbocycles. The normalized spacial score (nSPS) is 21.5. The number of hydrogen-bond donors (Lipinski definition) is 1. The van der Waals surface area contributed by atoms with Gasteiger partial charge in [0.15, 0.2) is 0 Å². The van der Waals surface area contributed by atoms with Crippen LogP contribution in [0.25, 0.3) is 0 Å². The summed E-state index contributed by atoms with van der Waals surface area (Å²) in [6.45, 7) is 0.633. The number of rotatable bonds is 5. The topological polar surface area (TPSA) is 66.8 Å². The predicted octanol–water partition coefficient (Wildman–Crippen LogP) is 1.32. The Morgan fingerprint density at radius 2 is 2.05 bits per heavy atom. The third-order valence-electron chi connectivity index (χ3n) is 3.85. The van der Waals surface area contributed by atoms with Crippen molar-refractivity contribution in [2.45, 2.75) is 12.8 Å². The number of aliphatic carboxylic acids is 1. The number of hydrogen-bond acceptors (Lipinski definition) is 3. The van der Waals surface area contributed by atoms with Gasteiger partial charge >= 0.3 is 5.97 Å². The second kappa shape index (κ2) is 6.22. The lowest BCUT2D eigenvalue weighted by molar-refractivity contribution is -0.151. The zero-order valence-corrected chi connectivity index (χ0v) is 11.8. The fourth-order valence-electron chi connectivity index (χ4n) is 2.60. The van der Waals surface area contributed by atoms with E-state index in [4.69, 9.17) is 4.74 Å². The highest BCUT2D eigenvalue weighted by molar-refractivity contribution is 5.82. The lowest BCUT2D eigenvalue weighted by Crippen LogP contribution is -2.40. The van der Waals surface area contributed by atoms with Gasteiger partial charge in [0.2, 0.25) is 5.91 Å². The first kappa shape index (κ1) is 15.4. The van der Waals surface area contributed by atoms with Crippen LogP contribution in [0, 0.1) is 11.2 Å². The number of amides is 1. The number of carbonyl (C=O) groups excluding carboxylic acids is 1. The Morgan fingerprint density at radius 3 is 2.62 bits per heavy atom. The summed E-state index contributed by atoms with van der Waals surface area (Å²) in [5, 5.41) is 9.36. The van der Waals surface area contributed by atoms with Gasteiger partial charge in [0.25, 0.3) is 0 Å². The molecule has 1 aliphatic heterocycles. The number of benzene rings is 1. The molecule has 1 N–H and O–H groups in total.